The first-order valence-electron chi connectivity index (χ1n) is 4.98. The fourth-order valence-corrected chi connectivity index (χ4v) is 0.802. The molecule has 0 aliphatic rings. The third-order valence-electron chi connectivity index (χ3n) is 1.52. The summed E-state index contributed by atoms with van der Waals surface area (Å²) in [4.78, 5) is 11.2. The number of ether oxygens (including phenoxy) is 1. The van der Waals surface area contributed by atoms with Gasteiger partial charge in [-0.15, -0.1) is 12.4 Å². The van der Waals surface area contributed by atoms with Crippen LogP contribution < -0.4 is 11.1 Å². The number of rotatable bonds is 6. The van der Waals surface area contributed by atoms with Crippen molar-refractivity contribution < 1.29 is 9.53 Å². The Morgan fingerprint density at radius 2 is 2.00 bits per heavy atom. The molecule has 4 nitrogen and oxygen atoms in total. The van der Waals surface area contributed by atoms with E-state index < -0.39 is 0 Å². The molecular weight excluding hydrogens is 216 g/mol. The van der Waals surface area contributed by atoms with Gasteiger partial charge in [-0.3, -0.25) is 4.79 Å². The zero-order chi connectivity index (χ0) is 11.2. The second kappa shape index (κ2) is 7.91. The number of halogens is 1. The molecule has 5 heteroatoms. The van der Waals surface area contributed by atoms with Gasteiger partial charge in [-0.1, -0.05) is 0 Å². The van der Waals surface area contributed by atoms with Crippen molar-refractivity contribution in [2.75, 3.05) is 13.2 Å². The Morgan fingerprint density at radius 3 is 2.40 bits per heavy atom. The van der Waals surface area contributed by atoms with E-state index >= 15 is 0 Å². The Hall–Kier alpha value is -0.320. The van der Waals surface area contributed by atoms with Crippen LogP contribution in [0.15, 0.2) is 0 Å². The second-order valence-corrected chi connectivity index (χ2v) is 4.43. The molecule has 0 saturated heterocycles. The van der Waals surface area contributed by atoms with Gasteiger partial charge < -0.3 is 15.8 Å². The Labute approximate surface area is 98.3 Å². The number of carbonyl (C=O) groups excluding carboxylic acids is 1. The van der Waals surface area contributed by atoms with Crippen LogP contribution in [0.3, 0.4) is 0 Å². The van der Waals surface area contributed by atoms with Crippen LogP contribution >= 0.6 is 12.4 Å². The normalized spacial score (nSPS) is 11.1. The average Bonchev–Trinajstić information content (AvgIpc) is 1.99. The minimum atomic E-state index is -0.353. The summed E-state index contributed by atoms with van der Waals surface area (Å²) in [5.74, 6) is -0.0100. The van der Waals surface area contributed by atoms with E-state index in [1.807, 2.05) is 27.7 Å². The summed E-state index contributed by atoms with van der Waals surface area (Å²) in [6.45, 7) is 8.60. The molecule has 0 unspecified atom stereocenters. The first-order valence-corrected chi connectivity index (χ1v) is 4.98. The fraction of sp³-hybridized carbons (Fsp3) is 0.900. The van der Waals surface area contributed by atoms with Crippen LogP contribution in [0.1, 0.15) is 34.1 Å². The molecule has 0 aromatic heterocycles. The van der Waals surface area contributed by atoms with Crippen molar-refractivity contribution in [3.05, 3.63) is 0 Å². The number of nitrogens with one attached hydrogen (secondary N) is 1. The molecule has 0 saturated carbocycles. The molecule has 0 bridgehead atoms. The highest BCUT2D eigenvalue weighted by molar-refractivity contribution is 5.85. The summed E-state index contributed by atoms with van der Waals surface area (Å²) in [6, 6.07) is 0. The minimum absolute atomic E-state index is 0. The average molecular weight is 239 g/mol. The van der Waals surface area contributed by atoms with Crippen molar-refractivity contribution >= 4 is 18.3 Å². The molecule has 0 heterocycles. The number of amides is 1. The third-order valence-corrected chi connectivity index (χ3v) is 1.52. The summed E-state index contributed by atoms with van der Waals surface area (Å²) in [6.07, 6.45) is 0.572. The molecule has 15 heavy (non-hydrogen) atoms. The topological polar surface area (TPSA) is 64.3 Å². The fourth-order valence-electron chi connectivity index (χ4n) is 0.802. The second-order valence-electron chi connectivity index (χ2n) is 4.43. The third kappa shape index (κ3) is 13.7. The van der Waals surface area contributed by atoms with Crippen LogP contribution in [-0.2, 0) is 9.53 Å². The van der Waals surface area contributed by atoms with Gasteiger partial charge in [0, 0.05) is 18.5 Å². The van der Waals surface area contributed by atoms with Crippen LogP contribution in [0.25, 0.3) is 0 Å². The molecule has 0 aliphatic carbocycles. The number of nitrogens with two attached hydrogens (primary N) is 1. The van der Waals surface area contributed by atoms with Gasteiger partial charge in [-0.05, 0) is 27.7 Å². The van der Waals surface area contributed by atoms with Crippen LogP contribution in [0.2, 0.25) is 0 Å². The Kier molecular flexibility index (Phi) is 9.01. The lowest BCUT2D eigenvalue weighted by Gasteiger charge is -2.18. The summed E-state index contributed by atoms with van der Waals surface area (Å²) < 4.78 is 5.25. The molecule has 0 aliphatic heterocycles. The van der Waals surface area contributed by atoms with Gasteiger partial charge in [0.1, 0.15) is 0 Å². The van der Waals surface area contributed by atoms with E-state index in [1.165, 1.54) is 0 Å². The minimum Gasteiger partial charge on any atom is -0.378 e. The van der Waals surface area contributed by atoms with E-state index in [9.17, 15) is 4.79 Å². The van der Waals surface area contributed by atoms with Crippen LogP contribution in [0, 0.1) is 0 Å². The number of carbonyl (C=O) groups is 1. The van der Waals surface area contributed by atoms with E-state index in [4.69, 9.17) is 10.5 Å². The summed E-state index contributed by atoms with van der Waals surface area (Å²) in [5.41, 5.74) is 5.36. The van der Waals surface area contributed by atoms with Crippen LogP contribution in [0.5, 0.6) is 0 Å². The Balaban J connectivity index is 0. The highest BCUT2D eigenvalue weighted by Gasteiger charge is 2.11. The molecule has 3 N–H and O–H groups in total. The van der Waals surface area contributed by atoms with Crippen molar-refractivity contribution in [3.8, 4) is 0 Å². The molecule has 0 radical (unpaired) electrons. The zero-order valence-electron chi connectivity index (χ0n) is 10.0. The van der Waals surface area contributed by atoms with Crippen molar-refractivity contribution in [1.82, 2.24) is 5.32 Å². The predicted octanol–water partition coefficient (Wildman–Crippen LogP) is 1.08. The van der Waals surface area contributed by atoms with E-state index in [2.05, 4.69) is 5.32 Å². The maximum atomic E-state index is 11.2. The molecule has 92 valence electrons. The molecule has 0 aromatic carbocycles. The van der Waals surface area contributed by atoms with Gasteiger partial charge >= 0.3 is 0 Å². The van der Waals surface area contributed by atoms with Crippen molar-refractivity contribution in [2.24, 2.45) is 5.73 Å². The first-order chi connectivity index (χ1) is 6.31. The van der Waals surface area contributed by atoms with E-state index in [-0.39, 0.29) is 30.0 Å². The number of hydrogen-bond acceptors (Lipinski definition) is 3. The smallest absolute Gasteiger partial charge is 0.222 e. The van der Waals surface area contributed by atoms with E-state index in [1.54, 1.807) is 0 Å². The maximum absolute atomic E-state index is 11.2. The van der Waals surface area contributed by atoms with E-state index in [0.717, 1.165) is 0 Å². The largest absolute Gasteiger partial charge is 0.378 e. The van der Waals surface area contributed by atoms with Gasteiger partial charge in [0.05, 0.1) is 12.7 Å². The van der Waals surface area contributed by atoms with Crippen molar-refractivity contribution in [2.45, 2.75) is 45.8 Å². The lowest BCUT2D eigenvalue weighted by Crippen LogP contribution is -2.45. The first kappa shape index (κ1) is 17.1. The molecule has 0 fully saturated rings. The van der Waals surface area contributed by atoms with E-state index in [0.29, 0.717) is 19.6 Å². The predicted molar refractivity (Wildman–Crippen MR) is 64.2 cm³/mol. The van der Waals surface area contributed by atoms with Crippen LogP contribution in [0.4, 0.5) is 0 Å². The summed E-state index contributed by atoms with van der Waals surface area (Å²) >= 11 is 0. The molecule has 1 amide bonds. The number of hydrogen-bond donors (Lipinski definition) is 2. The van der Waals surface area contributed by atoms with Gasteiger partial charge in [0.15, 0.2) is 0 Å². The van der Waals surface area contributed by atoms with Gasteiger partial charge in [-0.25, -0.2) is 0 Å². The monoisotopic (exact) mass is 238 g/mol. The Morgan fingerprint density at radius 1 is 1.47 bits per heavy atom. The highest BCUT2D eigenvalue weighted by atomic mass is 35.5. The lowest BCUT2D eigenvalue weighted by atomic mass is 10.1. The van der Waals surface area contributed by atoms with Gasteiger partial charge in [0.25, 0.3) is 0 Å². The maximum Gasteiger partial charge on any atom is 0.222 e. The quantitative estimate of drug-likeness (QED) is 0.728. The molecule has 0 rings (SSSR count). The van der Waals surface area contributed by atoms with Crippen molar-refractivity contribution in [1.29, 1.82) is 0 Å². The molecular formula is C10H23ClN2O2. The van der Waals surface area contributed by atoms with Crippen LogP contribution in [-0.4, -0.2) is 30.7 Å². The standard InChI is InChI=1S/C10H22N2O2.ClH/c1-8(2)14-6-5-9(13)12-7-10(3,4)11;/h8H,5-7,11H2,1-4H3,(H,12,13);1H. The molecule has 0 atom stereocenters. The highest BCUT2D eigenvalue weighted by Crippen LogP contribution is 1.94. The summed E-state index contributed by atoms with van der Waals surface area (Å²) in [7, 11) is 0. The molecule has 0 spiro atoms. The van der Waals surface area contributed by atoms with Crippen molar-refractivity contribution in [3.63, 3.8) is 0 Å². The molecule has 0 aromatic rings. The van der Waals surface area contributed by atoms with Gasteiger partial charge in [-0.2, -0.15) is 0 Å². The lowest BCUT2D eigenvalue weighted by molar-refractivity contribution is -0.122. The van der Waals surface area contributed by atoms with Gasteiger partial charge in [0.2, 0.25) is 5.91 Å². The summed E-state index contributed by atoms with van der Waals surface area (Å²) in [5, 5.41) is 2.75. The zero-order valence-corrected chi connectivity index (χ0v) is 10.8. The Bertz CT molecular complexity index is 179. The SMILES string of the molecule is CC(C)OCCC(=O)NCC(C)(C)N.Cl.